The second-order valence-corrected chi connectivity index (χ2v) is 2.92. The predicted molar refractivity (Wildman–Crippen MR) is 43.2 cm³/mol. The third kappa shape index (κ3) is 1.11. The molecule has 0 aromatic carbocycles. The summed E-state index contributed by atoms with van der Waals surface area (Å²) in [6, 6.07) is 0. The second-order valence-electron chi connectivity index (χ2n) is 2.21. The monoisotopic (exact) mass is 212 g/mol. The van der Waals surface area contributed by atoms with Gasteiger partial charge in [-0.1, -0.05) is 0 Å². The van der Waals surface area contributed by atoms with Gasteiger partial charge in [-0.25, -0.2) is 4.52 Å². The van der Waals surface area contributed by atoms with Crippen molar-refractivity contribution in [2.45, 2.75) is 6.92 Å². The Labute approximate surface area is 71.4 Å². The van der Waals surface area contributed by atoms with Crippen LogP contribution in [0.4, 0.5) is 0 Å². The van der Waals surface area contributed by atoms with Crippen molar-refractivity contribution in [2.24, 2.45) is 0 Å². The maximum Gasteiger partial charge on any atom is 0.218 e. The largest absolute Gasteiger partial charge is 0.256 e. The van der Waals surface area contributed by atoms with Crippen molar-refractivity contribution in [1.29, 1.82) is 0 Å². The molecule has 2 rings (SSSR count). The van der Waals surface area contributed by atoms with E-state index >= 15 is 0 Å². The second kappa shape index (κ2) is 2.27. The van der Waals surface area contributed by atoms with Crippen molar-refractivity contribution in [3.05, 3.63) is 22.8 Å². The molecular formula is C6H5BrN4. The summed E-state index contributed by atoms with van der Waals surface area (Å²) in [7, 11) is 0. The molecular weight excluding hydrogens is 208 g/mol. The summed E-state index contributed by atoms with van der Waals surface area (Å²) in [5.74, 6) is 0. The van der Waals surface area contributed by atoms with Crippen molar-refractivity contribution in [3.8, 4) is 0 Å². The Bertz CT molecular complexity index is 394. The highest BCUT2D eigenvalue weighted by molar-refractivity contribution is 9.10. The van der Waals surface area contributed by atoms with Gasteiger partial charge in [-0.15, -0.1) is 5.10 Å². The number of nitrogens with zero attached hydrogens (tertiary/aromatic N) is 4. The first-order valence-corrected chi connectivity index (χ1v) is 3.89. The average molecular weight is 213 g/mol. The highest BCUT2D eigenvalue weighted by atomic mass is 79.9. The first-order valence-electron chi connectivity index (χ1n) is 3.10. The zero-order valence-electron chi connectivity index (χ0n) is 5.82. The smallest absolute Gasteiger partial charge is 0.218 e. The van der Waals surface area contributed by atoms with Crippen molar-refractivity contribution in [1.82, 2.24) is 19.6 Å². The zero-order chi connectivity index (χ0) is 7.84. The molecule has 0 spiro atoms. The molecule has 0 N–H and O–H groups in total. The fraction of sp³-hybridized carbons (Fsp3) is 0.167. The quantitative estimate of drug-likeness (QED) is 0.660. The van der Waals surface area contributed by atoms with Crippen LogP contribution in [0.3, 0.4) is 0 Å². The summed E-state index contributed by atoms with van der Waals surface area (Å²) < 4.78 is 2.27. The maximum atomic E-state index is 4.08. The van der Waals surface area contributed by atoms with Crippen LogP contribution < -0.4 is 0 Å². The van der Waals surface area contributed by atoms with Gasteiger partial charge in [0.2, 0.25) is 4.73 Å². The summed E-state index contributed by atoms with van der Waals surface area (Å²) in [6.45, 7) is 1.91. The van der Waals surface area contributed by atoms with Gasteiger partial charge < -0.3 is 0 Å². The van der Waals surface area contributed by atoms with E-state index in [1.807, 2.05) is 13.1 Å². The lowest BCUT2D eigenvalue weighted by molar-refractivity contribution is 0.917. The Balaban J connectivity index is 2.82. The van der Waals surface area contributed by atoms with E-state index in [-0.39, 0.29) is 0 Å². The number of rotatable bonds is 0. The molecule has 0 unspecified atom stereocenters. The van der Waals surface area contributed by atoms with Gasteiger partial charge in [-0.05, 0) is 22.9 Å². The standard InChI is InChI=1S/C6H5BrN4/c1-4-3-11-5(2-8-4)9-6(7)10-11/h2-3H,1H3. The fourth-order valence-corrected chi connectivity index (χ4v) is 1.21. The first kappa shape index (κ1) is 6.72. The molecule has 56 valence electrons. The molecule has 2 aromatic heterocycles. The van der Waals surface area contributed by atoms with Gasteiger partial charge in [0.05, 0.1) is 18.1 Å². The number of aromatic nitrogens is 4. The van der Waals surface area contributed by atoms with Crippen LogP contribution in [0.25, 0.3) is 5.65 Å². The zero-order valence-corrected chi connectivity index (χ0v) is 7.41. The third-order valence-corrected chi connectivity index (χ3v) is 1.66. The van der Waals surface area contributed by atoms with Gasteiger partial charge in [0.1, 0.15) is 0 Å². The van der Waals surface area contributed by atoms with Gasteiger partial charge in [-0.3, -0.25) is 4.98 Å². The third-order valence-electron chi connectivity index (χ3n) is 1.32. The predicted octanol–water partition coefficient (Wildman–Crippen LogP) is 1.20. The molecule has 2 heterocycles. The number of hydrogen-bond donors (Lipinski definition) is 0. The molecule has 0 atom stereocenters. The van der Waals surface area contributed by atoms with Crippen LogP contribution in [0.5, 0.6) is 0 Å². The van der Waals surface area contributed by atoms with E-state index in [1.165, 1.54) is 0 Å². The average Bonchev–Trinajstić information content (AvgIpc) is 2.27. The fourth-order valence-electron chi connectivity index (χ4n) is 0.861. The SMILES string of the molecule is Cc1cn2nc(Br)nc2cn1. The molecule has 4 nitrogen and oxygen atoms in total. The van der Waals surface area contributed by atoms with Crippen LogP contribution in [0.15, 0.2) is 17.1 Å². The topological polar surface area (TPSA) is 43.1 Å². The molecule has 0 radical (unpaired) electrons. The van der Waals surface area contributed by atoms with E-state index < -0.39 is 0 Å². The van der Waals surface area contributed by atoms with Crippen LogP contribution in [-0.2, 0) is 0 Å². The maximum absolute atomic E-state index is 4.08. The Morgan fingerprint density at radius 3 is 3.18 bits per heavy atom. The lowest BCUT2D eigenvalue weighted by Crippen LogP contribution is -1.90. The Hall–Kier alpha value is -0.970. The number of fused-ring (bicyclic) bond motifs is 1. The Kier molecular flexibility index (Phi) is 1.38. The minimum atomic E-state index is 0.588. The Morgan fingerprint density at radius 2 is 2.36 bits per heavy atom. The molecule has 0 aliphatic heterocycles. The van der Waals surface area contributed by atoms with Crippen LogP contribution in [0, 0.1) is 6.92 Å². The minimum Gasteiger partial charge on any atom is -0.256 e. The lowest BCUT2D eigenvalue weighted by atomic mass is 10.5. The van der Waals surface area contributed by atoms with E-state index in [9.17, 15) is 0 Å². The molecule has 0 bridgehead atoms. The number of aryl methyl sites for hydroxylation is 1. The highest BCUT2D eigenvalue weighted by Gasteiger charge is 1.98. The molecule has 5 heteroatoms. The number of halogens is 1. The van der Waals surface area contributed by atoms with Crippen LogP contribution in [0.2, 0.25) is 0 Å². The van der Waals surface area contributed by atoms with Crippen molar-refractivity contribution in [3.63, 3.8) is 0 Å². The molecule has 0 saturated carbocycles. The molecule has 11 heavy (non-hydrogen) atoms. The van der Waals surface area contributed by atoms with Gasteiger partial charge in [-0.2, -0.15) is 4.98 Å². The van der Waals surface area contributed by atoms with E-state index in [2.05, 4.69) is 31.0 Å². The van der Waals surface area contributed by atoms with Crippen molar-refractivity contribution < 1.29 is 0 Å². The van der Waals surface area contributed by atoms with Gasteiger partial charge in [0.15, 0.2) is 5.65 Å². The van der Waals surface area contributed by atoms with E-state index in [0.717, 1.165) is 11.3 Å². The lowest BCUT2D eigenvalue weighted by Gasteiger charge is -1.90. The van der Waals surface area contributed by atoms with Crippen molar-refractivity contribution in [2.75, 3.05) is 0 Å². The van der Waals surface area contributed by atoms with Gasteiger partial charge in [0.25, 0.3) is 0 Å². The molecule has 2 aromatic rings. The summed E-state index contributed by atoms with van der Waals surface area (Å²) in [6.07, 6.45) is 3.51. The van der Waals surface area contributed by atoms with Crippen LogP contribution >= 0.6 is 15.9 Å². The van der Waals surface area contributed by atoms with E-state index in [1.54, 1.807) is 10.7 Å². The minimum absolute atomic E-state index is 0.588. The van der Waals surface area contributed by atoms with Crippen molar-refractivity contribution >= 4 is 21.6 Å². The van der Waals surface area contributed by atoms with Crippen LogP contribution in [0.1, 0.15) is 5.69 Å². The molecule has 0 saturated heterocycles. The normalized spacial score (nSPS) is 10.7. The van der Waals surface area contributed by atoms with Gasteiger partial charge in [0, 0.05) is 0 Å². The van der Waals surface area contributed by atoms with E-state index in [4.69, 9.17) is 0 Å². The summed E-state index contributed by atoms with van der Waals surface area (Å²) in [5, 5.41) is 4.06. The molecule has 0 aliphatic rings. The molecule has 0 aliphatic carbocycles. The highest BCUT2D eigenvalue weighted by Crippen LogP contribution is 2.05. The molecule has 0 fully saturated rings. The summed E-state index contributed by atoms with van der Waals surface area (Å²) in [4.78, 5) is 8.14. The van der Waals surface area contributed by atoms with Crippen LogP contribution in [-0.4, -0.2) is 19.6 Å². The van der Waals surface area contributed by atoms with E-state index in [0.29, 0.717) is 4.73 Å². The number of hydrogen-bond acceptors (Lipinski definition) is 3. The summed E-state index contributed by atoms with van der Waals surface area (Å²) >= 11 is 3.18. The Morgan fingerprint density at radius 1 is 1.55 bits per heavy atom. The first-order chi connectivity index (χ1) is 5.25. The summed E-state index contributed by atoms with van der Waals surface area (Å²) in [5.41, 5.74) is 1.68. The molecule has 0 amide bonds. The van der Waals surface area contributed by atoms with Gasteiger partial charge >= 0.3 is 0 Å².